The second-order valence-corrected chi connectivity index (χ2v) is 5.90. The third-order valence-electron chi connectivity index (χ3n) is 2.74. The first-order chi connectivity index (χ1) is 8.72. The number of carbonyl (C=O) groups excluding carboxylic acids is 1. The monoisotopic (exact) mass is 278 g/mol. The lowest BCUT2D eigenvalue weighted by molar-refractivity contribution is 0.0606. The predicted molar refractivity (Wildman–Crippen MR) is 75.1 cm³/mol. The molecule has 18 heavy (non-hydrogen) atoms. The lowest BCUT2D eigenvalue weighted by atomic mass is 10.2. The van der Waals surface area contributed by atoms with E-state index < -0.39 is 0 Å². The highest BCUT2D eigenvalue weighted by atomic mass is 32.1. The van der Waals surface area contributed by atoms with Gasteiger partial charge in [0.05, 0.1) is 18.9 Å². The number of fused-ring (bicyclic) bond motifs is 3. The Morgan fingerprint density at radius 2 is 1.94 bits per heavy atom. The van der Waals surface area contributed by atoms with Crippen LogP contribution in [-0.2, 0) is 4.74 Å². The Balaban J connectivity index is 2.22. The molecule has 3 rings (SSSR count). The van der Waals surface area contributed by atoms with Gasteiger partial charge in [0, 0.05) is 14.8 Å². The maximum Gasteiger partial charge on any atom is 0.348 e. The van der Waals surface area contributed by atoms with Crippen molar-refractivity contribution in [3.63, 3.8) is 0 Å². The van der Waals surface area contributed by atoms with E-state index in [0.717, 1.165) is 20.5 Å². The number of esters is 1. The molecule has 0 aliphatic rings. The van der Waals surface area contributed by atoms with Crippen LogP contribution in [0.15, 0.2) is 24.3 Å². The van der Waals surface area contributed by atoms with E-state index in [4.69, 9.17) is 9.47 Å². The minimum Gasteiger partial charge on any atom is -0.497 e. The normalized spacial score (nSPS) is 11.0. The van der Waals surface area contributed by atoms with Crippen LogP contribution in [0.1, 0.15) is 9.67 Å². The van der Waals surface area contributed by atoms with Gasteiger partial charge in [-0.15, -0.1) is 22.7 Å². The summed E-state index contributed by atoms with van der Waals surface area (Å²) in [6, 6.07) is 7.88. The molecule has 0 bridgehead atoms. The van der Waals surface area contributed by atoms with Crippen LogP contribution in [0.4, 0.5) is 0 Å². The van der Waals surface area contributed by atoms with E-state index in [1.165, 1.54) is 23.1 Å². The minimum atomic E-state index is -0.273. The summed E-state index contributed by atoms with van der Waals surface area (Å²) in [5.74, 6) is 0.578. The lowest BCUT2D eigenvalue weighted by Crippen LogP contribution is -1.96. The number of carbonyl (C=O) groups is 1. The Labute approximate surface area is 112 Å². The fourth-order valence-corrected chi connectivity index (χ4v) is 4.33. The summed E-state index contributed by atoms with van der Waals surface area (Å²) in [6.07, 6.45) is 0. The largest absolute Gasteiger partial charge is 0.497 e. The molecule has 3 aromatic rings. The second-order valence-electron chi connectivity index (χ2n) is 3.76. The fourth-order valence-electron chi connectivity index (χ4n) is 1.86. The molecule has 0 aliphatic carbocycles. The van der Waals surface area contributed by atoms with Crippen LogP contribution in [0.3, 0.4) is 0 Å². The standard InChI is InChI=1S/C13H10O3S2/c1-15-7-3-4-8-9(5-7)17-10-6-11(13(14)16-2)18-12(8)10/h3-6H,1-2H3. The zero-order valence-electron chi connectivity index (χ0n) is 9.85. The summed E-state index contributed by atoms with van der Waals surface area (Å²) < 4.78 is 13.4. The molecule has 0 saturated carbocycles. The Morgan fingerprint density at radius 3 is 2.67 bits per heavy atom. The molecule has 1 aromatic carbocycles. The number of thiophene rings is 2. The molecular weight excluding hydrogens is 268 g/mol. The van der Waals surface area contributed by atoms with Gasteiger partial charge < -0.3 is 9.47 Å². The van der Waals surface area contributed by atoms with Crippen molar-refractivity contribution in [2.24, 2.45) is 0 Å². The van der Waals surface area contributed by atoms with Gasteiger partial charge in [0.2, 0.25) is 0 Å². The molecule has 3 nitrogen and oxygen atoms in total. The summed E-state index contributed by atoms with van der Waals surface area (Å²) in [5.41, 5.74) is 0. The molecule has 0 atom stereocenters. The molecule has 5 heteroatoms. The van der Waals surface area contributed by atoms with Crippen molar-refractivity contribution in [2.45, 2.75) is 0 Å². The Morgan fingerprint density at radius 1 is 1.11 bits per heavy atom. The third-order valence-corrected chi connectivity index (χ3v) is 5.12. The van der Waals surface area contributed by atoms with Crippen molar-refractivity contribution in [3.05, 3.63) is 29.1 Å². The van der Waals surface area contributed by atoms with Crippen LogP contribution < -0.4 is 4.74 Å². The molecule has 0 unspecified atom stereocenters. The van der Waals surface area contributed by atoms with Gasteiger partial charge in [-0.05, 0) is 24.3 Å². The zero-order valence-corrected chi connectivity index (χ0v) is 11.5. The van der Waals surface area contributed by atoms with Gasteiger partial charge >= 0.3 is 5.97 Å². The number of hydrogen-bond donors (Lipinski definition) is 0. The first-order valence-corrected chi connectivity index (χ1v) is 6.94. The average Bonchev–Trinajstić information content (AvgIpc) is 2.94. The molecule has 0 spiro atoms. The van der Waals surface area contributed by atoms with Crippen molar-refractivity contribution >= 4 is 48.1 Å². The van der Waals surface area contributed by atoms with Gasteiger partial charge in [0.1, 0.15) is 10.6 Å². The maximum absolute atomic E-state index is 11.5. The highest BCUT2D eigenvalue weighted by molar-refractivity contribution is 7.33. The van der Waals surface area contributed by atoms with Gasteiger partial charge in [0.25, 0.3) is 0 Å². The van der Waals surface area contributed by atoms with Crippen molar-refractivity contribution in [3.8, 4) is 5.75 Å². The predicted octanol–water partition coefficient (Wildman–Crippen LogP) is 3.91. The van der Waals surface area contributed by atoms with E-state index in [1.807, 2.05) is 24.3 Å². The summed E-state index contributed by atoms with van der Waals surface area (Å²) in [4.78, 5) is 12.1. The van der Waals surface area contributed by atoms with E-state index in [-0.39, 0.29) is 5.97 Å². The average molecular weight is 278 g/mol. The van der Waals surface area contributed by atoms with E-state index >= 15 is 0 Å². The van der Waals surface area contributed by atoms with Crippen molar-refractivity contribution in [1.82, 2.24) is 0 Å². The fraction of sp³-hybridized carbons (Fsp3) is 0.154. The first-order valence-electron chi connectivity index (χ1n) is 5.31. The highest BCUT2D eigenvalue weighted by Gasteiger charge is 2.14. The van der Waals surface area contributed by atoms with Crippen LogP contribution in [0.5, 0.6) is 5.75 Å². The van der Waals surface area contributed by atoms with Gasteiger partial charge in [0.15, 0.2) is 0 Å². The molecule has 0 saturated heterocycles. The molecule has 0 fully saturated rings. The zero-order chi connectivity index (χ0) is 12.7. The maximum atomic E-state index is 11.5. The number of rotatable bonds is 2. The quantitative estimate of drug-likeness (QED) is 0.667. The molecule has 0 radical (unpaired) electrons. The summed E-state index contributed by atoms with van der Waals surface area (Å²) in [6.45, 7) is 0. The topological polar surface area (TPSA) is 35.5 Å². The van der Waals surface area contributed by atoms with Gasteiger partial charge in [-0.2, -0.15) is 0 Å². The molecule has 0 N–H and O–H groups in total. The first kappa shape index (κ1) is 11.5. The third kappa shape index (κ3) is 1.67. The van der Waals surface area contributed by atoms with Gasteiger partial charge in [-0.25, -0.2) is 4.79 Å². The van der Waals surface area contributed by atoms with Crippen molar-refractivity contribution < 1.29 is 14.3 Å². The van der Waals surface area contributed by atoms with Crippen LogP contribution in [-0.4, -0.2) is 20.2 Å². The second kappa shape index (κ2) is 4.26. The Bertz CT molecular complexity index is 739. The number of hydrogen-bond acceptors (Lipinski definition) is 5. The summed E-state index contributed by atoms with van der Waals surface area (Å²) >= 11 is 3.14. The lowest BCUT2D eigenvalue weighted by Gasteiger charge is -1.98. The smallest absolute Gasteiger partial charge is 0.348 e. The molecule has 2 heterocycles. The number of methoxy groups -OCH3 is 2. The Hall–Kier alpha value is -1.59. The summed E-state index contributed by atoms with van der Waals surface area (Å²) in [5, 5.41) is 1.16. The van der Waals surface area contributed by atoms with Crippen molar-refractivity contribution in [1.29, 1.82) is 0 Å². The molecule has 2 aromatic heterocycles. The van der Waals surface area contributed by atoms with Gasteiger partial charge in [-0.3, -0.25) is 0 Å². The summed E-state index contributed by atoms with van der Waals surface area (Å²) in [7, 11) is 3.06. The van der Waals surface area contributed by atoms with Crippen molar-refractivity contribution in [2.75, 3.05) is 14.2 Å². The molecular formula is C13H10O3S2. The van der Waals surface area contributed by atoms with E-state index in [1.54, 1.807) is 18.4 Å². The number of ether oxygens (including phenoxy) is 2. The van der Waals surface area contributed by atoms with Crippen LogP contribution in [0.25, 0.3) is 19.5 Å². The SMILES string of the molecule is COC(=O)c1cc2sc3cc(OC)ccc3c2s1. The molecule has 0 amide bonds. The molecule has 0 aliphatic heterocycles. The van der Waals surface area contributed by atoms with Crippen LogP contribution in [0, 0.1) is 0 Å². The van der Waals surface area contributed by atoms with Gasteiger partial charge in [-0.1, -0.05) is 0 Å². The van der Waals surface area contributed by atoms with E-state index in [0.29, 0.717) is 4.88 Å². The molecule has 92 valence electrons. The minimum absolute atomic E-state index is 0.273. The highest BCUT2D eigenvalue weighted by Crippen LogP contribution is 2.40. The van der Waals surface area contributed by atoms with Crippen LogP contribution in [0.2, 0.25) is 0 Å². The number of benzene rings is 1. The van der Waals surface area contributed by atoms with E-state index in [2.05, 4.69) is 0 Å². The van der Waals surface area contributed by atoms with E-state index in [9.17, 15) is 4.79 Å². The van der Waals surface area contributed by atoms with Crippen LogP contribution >= 0.6 is 22.7 Å². The Kier molecular flexibility index (Phi) is 2.72.